The summed E-state index contributed by atoms with van der Waals surface area (Å²) >= 11 is 0. The Morgan fingerprint density at radius 3 is 2.89 bits per heavy atom. The molecule has 2 rings (SSSR count). The Morgan fingerprint density at radius 1 is 1.50 bits per heavy atom. The summed E-state index contributed by atoms with van der Waals surface area (Å²) in [7, 11) is 0. The van der Waals surface area contributed by atoms with Crippen molar-refractivity contribution in [2.45, 2.75) is 52.4 Å². The van der Waals surface area contributed by atoms with E-state index in [9.17, 15) is 4.79 Å². The Hall–Kier alpha value is -1.32. The molecular formula is C14H23N3O. The van der Waals surface area contributed by atoms with E-state index >= 15 is 0 Å². The number of carbonyl (C=O) groups is 1. The third-order valence-corrected chi connectivity index (χ3v) is 3.78. The van der Waals surface area contributed by atoms with Crippen LogP contribution in [0, 0.1) is 11.8 Å². The summed E-state index contributed by atoms with van der Waals surface area (Å²) in [5.74, 6) is 2.01. The monoisotopic (exact) mass is 249 g/mol. The molecule has 1 amide bonds. The van der Waals surface area contributed by atoms with Crippen molar-refractivity contribution in [3.63, 3.8) is 0 Å². The van der Waals surface area contributed by atoms with E-state index in [0.29, 0.717) is 17.7 Å². The van der Waals surface area contributed by atoms with Crippen LogP contribution in [0.3, 0.4) is 0 Å². The lowest BCUT2D eigenvalue weighted by Gasteiger charge is -2.25. The zero-order valence-electron chi connectivity index (χ0n) is 11.5. The summed E-state index contributed by atoms with van der Waals surface area (Å²) < 4.78 is 0. The molecule has 0 bridgehead atoms. The minimum atomic E-state index is 0.128. The Morgan fingerprint density at radius 2 is 2.28 bits per heavy atom. The molecule has 1 heterocycles. The quantitative estimate of drug-likeness (QED) is 0.863. The number of hydrogen-bond acceptors (Lipinski definition) is 2. The van der Waals surface area contributed by atoms with Crippen molar-refractivity contribution in [2.75, 3.05) is 5.32 Å². The molecule has 4 nitrogen and oxygen atoms in total. The molecule has 0 aliphatic heterocycles. The van der Waals surface area contributed by atoms with Crippen LogP contribution in [0.1, 0.15) is 58.1 Å². The van der Waals surface area contributed by atoms with Gasteiger partial charge < -0.3 is 5.32 Å². The first-order valence-corrected chi connectivity index (χ1v) is 6.92. The number of nitrogens with one attached hydrogen (secondary N) is 2. The molecule has 1 aliphatic rings. The maximum absolute atomic E-state index is 12.1. The molecule has 1 aromatic rings. The van der Waals surface area contributed by atoms with Crippen molar-refractivity contribution >= 4 is 11.7 Å². The molecule has 2 atom stereocenters. The van der Waals surface area contributed by atoms with E-state index in [1.54, 1.807) is 0 Å². The van der Waals surface area contributed by atoms with Crippen LogP contribution in [0.4, 0.5) is 5.82 Å². The largest absolute Gasteiger partial charge is 0.309 e. The molecular weight excluding hydrogens is 226 g/mol. The summed E-state index contributed by atoms with van der Waals surface area (Å²) in [4.78, 5) is 12.1. The van der Waals surface area contributed by atoms with E-state index in [2.05, 4.69) is 36.3 Å². The van der Waals surface area contributed by atoms with Crippen molar-refractivity contribution in [3.8, 4) is 0 Å². The Bertz CT molecular complexity index is 411. The Kier molecular flexibility index (Phi) is 4.04. The lowest BCUT2D eigenvalue weighted by molar-refractivity contribution is -0.121. The highest BCUT2D eigenvalue weighted by Gasteiger charge is 2.25. The fraction of sp³-hybridized carbons (Fsp3) is 0.714. The number of hydrogen-bond donors (Lipinski definition) is 2. The molecule has 2 N–H and O–H groups in total. The van der Waals surface area contributed by atoms with Gasteiger partial charge in [0.25, 0.3) is 0 Å². The van der Waals surface area contributed by atoms with Crippen molar-refractivity contribution in [1.82, 2.24) is 10.2 Å². The molecule has 1 fully saturated rings. The first-order valence-electron chi connectivity index (χ1n) is 6.92. The molecule has 1 aliphatic carbocycles. The molecule has 0 saturated heterocycles. The maximum Gasteiger partial charge on any atom is 0.228 e. The third kappa shape index (κ3) is 3.12. The number of aromatic amines is 1. The van der Waals surface area contributed by atoms with E-state index in [0.717, 1.165) is 25.0 Å². The number of carbonyl (C=O) groups excluding carboxylic acids is 1. The van der Waals surface area contributed by atoms with Crippen LogP contribution in [-0.4, -0.2) is 16.1 Å². The first kappa shape index (κ1) is 13.1. The molecule has 2 unspecified atom stereocenters. The predicted octanol–water partition coefficient (Wildman–Crippen LogP) is 3.30. The fourth-order valence-electron chi connectivity index (χ4n) is 2.60. The molecule has 4 heteroatoms. The van der Waals surface area contributed by atoms with Crippen LogP contribution in [0.5, 0.6) is 0 Å². The van der Waals surface area contributed by atoms with Crippen molar-refractivity contribution in [2.24, 2.45) is 11.8 Å². The number of nitrogens with zero attached hydrogens (tertiary/aromatic N) is 1. The third-order valence-electron chi connectivity index (χ3n) is 3.78. The van der Waals surface area contributed by atoms with Gasteiger partial charge in [-0.15, -0.1) is 0 Å². The van der Waals surface area contributed by atoms with Crippen molar-refractivity contribution in [3.05, 3.63) is 11.8 Å². The van der Waals surface area contributed by atoms with E-state index in [1.165, 1.54) is 6.42 Å². The van der Waals surface area contributed by atoms with E-state index in [4.69, 9.17) is 0 Å². The predicted molar refractivity (Wildman–Crippen MR) is 72.4 cm³/mol. The Balaban J connectivity index is 1.93. The number of H-pyrrole nitrogens is 1. The van der Waals surface area contributed by atoms with Gasteiger partial charge in [0.1, 0.15) is 0 Å². The minimum absolute atomic E-state index is 0.128. The maximum atomic E-state index is 12.1. The van der Waals surface area contributed by atoms with Gasteiger partial charge in [-0.3, -0.25) is 9.89 Å². The molecule has 0 spiro atoms. The smallest absolute Gasteiger partial charge is 0.228 e. The summed E-state index contributed by atoms with van der Waals surface area (Å²) in [5.41, 5.74) is 1.06. The van der Waals surface area contributed by atoms with Crippen molar-refractivity contribution in [1.29, 1.82) is 0 Å². The van der Waals surface area contributed by atoms with E-state index in [1.807, 2.05) is 6.07 Å². The van der Waals surface area contributed by atoms with Gasteiger partial charge in [-0.2, -0.15) is 5.10 Å². The van der Waals surface area contributed by atoms with Gasteiger partial charge in [0.15, 0.2) is 5.82 Å². The zero-order valence-corrected chi connectivity index (χ0v) is 11.5. The van der Waals surface area contributed by atoms with Gasteiger partial charge >= 0.3 is 0 Å². The van der Waals surface area contributed by atoms with Gasteiger partial charge in [-0.05, 0) is 24.7 Å². The van der Waals surface area contributed by atoms with Crippen molar-refractivity contribution < 1.29 is 4.79 Å². The number of rotatable bonds is 3. The standard InChI is InChI=1S/C14H23N3O/c1-9(2)12-8-13(17-16-12)15-14(18)11-6-4-5-10(3)7-11/h8-11H,4-7H2,1-3H3,(H2,15,16,17,18). The fourth-order valence-corrected chi connectivity index (χ4v) is 2.60. The van der Waals surface area contributed by atoms with Gasteiger partial charge in [0.2, 0.25) is 5.91 Å². The number of anilines is 1. The molecule has 0 aromatic carbocycles. The SMILES string of the molecule is CC1CCCC(C(=O)Nc2cc(C(C)C)[nH]n2)C1. The van der Waals surface area contributed by atoms with Gasteiger partial charge in [-0.1, -0.05) is 33.6 Å². The number of amides is 1. The summed E-state index contributed by atoms with van der Waals surface area (Å²) in [6.07, 6.45) is 4.44. The van der Waals surface area contributed by atoms with E-state index in [-0.39, 0.29) is 11.8 Å². The topological polar surface area (TPSA) is 57.8 Å². The van der Waals surface area contributed by atoms with Crippen LogP contribution >= 0.6 is 0 Å². The minimum Gasteiger partial charge on any atom is -0.309 e. The Labute approximate surface area is 109 Å². The van der Waals surface area contributed by atoms with Crippen LogP contribution in [-0.2, 0) is 4.79 Å². The summed E-state index contributed by atoms with van der Waals surface area (Å²) in [6.45, 7) is 6.43. The van der Waals surface area contributed by atoms with Crippen LogP contribution in [0.15, 0.2) is 6.07 Å². The zero-order chi connectivity index (χ0) is 13.1. The normalized spacial score (nSPS) is 24.2. The summed E-state index contributed by atoms with van der Waals surface area (Å²) in [6, 6.07) is 1.93. The van der Waals surface area contributed by atoms with Gasteiger partial charge in [-0.25, -0.2) is 0 Å². The molecule has 100 valence electrons. The van der Waals surface area contributed by atoms with Gasteiger partial charge in [0, 0.05) is 17.7 Å². The van der Waals surface area contributed by atoms with Crippen LogP contribution < -0.4 is 5.32 Å². The molecule has 0 radical (unpaired) electrons. The first-order chi connectivity index (χ1) is 8.56. The second kappa shape index (κ2) is 5.55. The molecule has 18 heavy (non-hydrogen) atoms. The van der Waals surface area contributed by atoms with Crippen LogP contribution in [0.2, 0.25) is 0 Å². The summed E-state index contributed by atoms with van der Waals surface area (Å²) in [5, 5.41) is 10.0. The average molecular weight is 249 g/mol. The second-order valence-electron chi connectivity index (χ2n) is 5.82. The highest BCUT2D eigenvalue weighted by Crippen LogP contribution is 2.29. The van der Waals surface area contributed by atoms with E-state index < -0.39 is 0 Å². The highest BCUT2D eigenvalue weighted by atomic mass is 16.1. The molecule has 1 aromatic heterocycles. The average Bonchev–Trinajstić information content (AvgIpc) is 2.77. The van der Waals surface area contributed by atoms with Crippen LogP contribution in [0.25, 0.3) is 0 Å². The lowest BCUT2D eigenvalue weighted by atomic mass is 9.82. The molecule has 1 saturated carbocycles. The number of aromatic nitrogens is 2. The highest BCUT2D eigenvalue weighted by molar-refractivity contribution is 5.91. The second-order valence-corrected chi connectivity index (χ2v) is 5.82. The lowest BCUT2D eigenvalue weighted by Crippen LogP contribution is -2.27. The van der Waals surface area contributed by atoms with Gasteiger partial charge in [0.05, 0.1) is 0 Å².